The third-order valence-electron chi connectivity index (χ3n) is 3.08. The molecule has 0 aliphatic rings. The predicted molar refractivity (Wildman–Crippen MR) is 69.6 cm³/mol. The van der Waals surface area contributed by atoms with Crippen molar-refractivity contribution < 1.29 is 4.79 Å². The number of carbonyl (C=O) groups is 1. The van der Waals surface area contributed by atoms with E-state index >= 15 is 0 Å². The first-order chi connectivity index (χ1) is 8.07. The van der Waals surface area contributed by atoms with Crippen molar-refractivity contribution in [3.63, 3.8) is 0 Å². The summed E-state index contributed by atoms with van der Waals surface area (Å²) in [4.78, 5) is 13.1. The molecule has 92 valence electrons. The molecule has 0 spiro atoms. The number of hydrogen-bond donors (Lipinski definition) is 1. The van der Waals surface area contributed by atoms with Crippen LogP contribution in [0.25, 0.3) is 0 Å². The lowest BCUT2D eigenvalue weighted by molar-refractivity contribution is -0.127. The summed E-state index contributed by atoms with van der Waals surface area (Å²) in [6, 6.07) is 4.16. The monoisotopic (exact) mass is 250 g/mol. The van der Waals surface area contributed by atoms with E-state index in [1.54, 1.807) is 18.3 Å². The minimum absolute atomic E-state index is 0.182. The average Bonchev–Trinajstić information content (AvgIpc) is 2.82. The Labute approximate surface area is 106 Å². The van der Waals surface area contributed by atoms with Crippen LogP contribution in [-0.4, -0.2) is 5.91 Å². The molecule has 1 aromatic rings. The van der Waals surface area contributed by atoms with Gasteiger partial charge in [-0.15, -0.1) is 11.3 Å². The second-order valence-electron chi connectivity index (χ2n) is 4.20. The number of aryl methyl sites for hydroxylation is 1. The van der Waals surface area contributed by atoms with Gasteiger partial charge in [0.2, 0.25) is 5.91 Å². The van der Waals surface area contributed by atoms with E-state index in [1.165, 1.54) is 10.4 Å². The van der Waals surface area contributed by atoms with Crippen LogP contribution in [0.15, 0.2) is 11.4 Å². The zero-order valence-corrected chi connectivity index (χ0v) is 11.4. The lowest BCUT2D eigenvalue weighted by Gasteiger charge is -2.18. The topological polar surface area (TPSA) is 52.9 Å². The van der Waals surface area contributed by atoms with E-state index in [1.807, 2.05) is 12.3 Å². The maximum atomic E-state index is 11.9. The maximum Gasteiger partial charge on any atom is 0.240 e. The van der Waals surface area contributed by atoms with Crippen molar-refractivity contribution in [3.05, 3.63) is 21.9 Å². The largest absolute Gasteiger partial charge is 0.350 e. The molecule has 0 aromatic carbocycles. The van der Waals surface area contributed by atoms with E-state index in [0.717, 1.165) is 6.42 Å². The molecule has 1 atom stereocenters. The Balaban J connectivity index is 2.63. The van der Waals surface area contributed by atoms with Gasteiger partial charge in [-0.25, -0.2) is 0 Å². The minimum atomic E-state index is -0.913. The van der Waals surface area contributed by atoms with E-state index in [4.69, 9.17) is 5.26 Å². The highest BCUT2D eigenvalue weighted by Gasteiger charge is 2.30. The molecule has 1 N–H and O–H groups in total. The average molecular weight is 250 g/mol. The van der Waals surface area contributed by atoms with E-state index in [0.29, 0.717) is 13.0 Å². The Morgan fingerprint density at radius 3 is 2.82 bits per heavy atom. The Morgan fingerprint density at radius 1 is 1.59 bits per heavy atom. The van der Waals surface area contributed by atoms with Crippen LogP contribution >= 0.6 is 11.3 Å². The van der Waals surface area contributed by atoms with Crippen molar-refractivity contribution >= 4 is 17.2 Å². The van der Waals surface area contributed by atoms with Crippen LogP contribution in [0.4, 0.5) is 0 Å². The standard InChI is InChI=1S/C13H18N2OS/c1-4-10-6-7-17-11(10)8-15-12(16)13(3,5-2)9-14/h6-7H,4-5,8H2,1-3H3,(H,15,16). The number of rotatable bonds is 5. The number of thiophene rings is 1. The number of nitriles is 1. The minimum Gasteiger partial charge on any atom is -0.350 e. The summed E-state index contributed by atoms with van der Waals surface area (Å²) in [6.07, 6.45) is 1.50. The Hall–Kier alpha value is -1.34. The smallest absolute Gasteiger partial charge is 0.240 e. The number of amides is 1. The van der Waals surface area contributed by atoms with Crippen molar-refractivity contribution in [1.82, 2.24) is 5.32 Å². The molecule has 0 fully saturated rings. The van der Waals surface area contributed by atoms with E-state index in [2.05, 4.69) is 24.4 Å². The first-order valence-electron chi connectivity index (χ1n) is 5.82. The fourth-order valence-electron chi connectivity index (χ4n) is 1.48. The van der Waals surface area contributed by atoms with Gasteiger partial charge >= 0.3 is 0 Å². The number of hydrogen-bond acceptors (Lipinski definition) is 3. The van der Waals surface area contributed by atoms with Gasteiger partial charge in [-0.05, 0) is 36.8 Å². The van der Waals surface area contributed by atoms with Gasteiger partial charge in [0.05, 0.1) is 12.6 Å². The lowest BCUT2D eigenvalue weighted by atomic mass is 9.88. The van der Waals surface area contributed by atoms with Crippen molar-refractivity contribution in [2.45, 2.75) is 40.2 Å². The SMILES string of the molecule is CCc1ccsc1CNC(=O)C(C)(C#N)CC. The third kappa shape index (κ3) is 3.07. The van der Waals surface area contributed by atoms with E-state index in [-0.39, 0.29) is 5.91 Å². The molecule has 0 saturated carbocycles. The fourth-order valence-corrected chi connectivity index (χ4v) is 2.40. The van der Waals surface area contributed by atoms with Gasteiger partial charge in [-0.3, -0.25) is 4.79 Å². The Morgan fingerprint density at radius 2 is 2.29 bits per heavy atom. The quantitative estimate of drug-likeness (QED) is 0.873. The molecule has 0 aliphatic heterocycles. The summed E-state index contributed by atoms with van der Waals surface area (Å²) < 4.78 is 0. The molecule has 1 heterocycles. The number of nitrogens with one attached hydrogen (secondary N) is 1. The van der Waals surface area contributed by atoms with Crippen LogP contribution in [0.1, 0.15) is 37.6 Å². The molecule has 1 aromatic heterocycles. The Kier molecular flexibility index (Phi) is 4.71. The molecule has 4 heteroatoms. The second-order valence-corrected chi connectivity index (χ2v) is 5.20. The van der Waals surface area contributed by atoms with Crippen molar-refractivity contribution in [2.24, 2.45) is 5.41 Å². The van der Waals surface area contributed by atoms with Crippen LogP contribution in [0.3, 0.4) is 0 Å². The normalized spacial score (nSPS) is 13.8. The van der Waals surface area contributed by atoms with Gasteiger partial charge in [-0.2, -0.15) is 5.26 Å². The maximum absolute atomic E-state index is 11.9. The highest BCUT2D eigenvalue weighted by molar-refractivity contribution is 7.10. The molecule has 3 nitrogen and oxygen atoms in total. The van der Waals surface area contributed by atoms with Gasteiger partial charge in [0.15, 0.2) is 0 Å². The summed E-state index contributed by atoms with van der Waals surface area (Å²) in [5.41, 5.74) is 0.356. The summed E-state index contributed by atoms with van der Waals surface area (Å²) in [5, 5.41) is 13.9. The summed E-state index contributed by atoms with van der Waals surface area (Å²) in [7, 11) is 0. The summed E-state index contributed by atoms with van der Waals surface area (Å²) in [6.45, 7) is 6.15. The summed E-state index contributed by atoms with van der Waals surface area (Å²) >= 11 is 1.64. The van der Waals surface area contributed by atoms with Gasteiger partial charge in [0, 0.05) is 4.88 Å². The molecule has 17 heavy (non-hydrogen) atoms. The van der Waals surface area contributed by atoms with Crippen LogP contribution in [0, 0.1) is 16.7 Å². The molecule has 1 amide bonds. The first kappa shape index (κ1) is 13.7. The van der Waals surface area contributed by atoms with Crippen molar-refractivity contribution in [3.8, 4) is 6.07 Å². The van der Waals surface area contributed by atoms with Gasteiger partial charge < -0.3 is 5.32 Å². The fraction of sp³-hybridized carbons (Fsp3) is 0.538. The number of nitrogens with zero attached hydrogens (tertiary/aromatic N) is 1. The lowest BCUT2D eigenvalue weighted by Crippen LogP contribution is -2.37. The van der Waals surface area contributed by atoms with E-state index in [9.17, 15) is 4.79 Å². The molecule has 0 aliphatic carbocycles. The van der Waals surface area contributed by atoms with Crippen molar-refractivity contribution in [2.75, 3.05) is 0 Å². The van der Waals surface area contributed by atoms with Gasteiger partial charge in [0.1, 0.15) is 5.41 Å². The van der Waals surface area contributed by atoms with E-state index < -0.39 is 5.41 Å². The van der Waals surface area contributed by atoms with Crippen LogP contribution < -0.4 is 5.32 Å². The highest BCUT2D eigenvalue weighted by Crippen LogP contribution is 2.21. The molecule has 1 rings (SSSR count). The predicted octanol–water partition coefficient (Wildman–Crippen LogP) is 2.87. The van der Waals surface area contributed by atoms with Gasteiger partial charge in [0.25, 0.3) is 0 Å². The summed E-state index contributed by atoms with van der Waals surface area (Å²) in [5.74, 6) is -0.182. The molecular formula is C13H18N2OS. The molecule has 0 saturated heterocycles. The van der Waals surface area contributed by atoms with Crippen LogP contribution in [0.5, 0.6) is 0 Å². The first-order valence-corrected chi connectivity index (χ1v) is 6.70. The molecule has 1 unspecified atom stereocenters. The number of carbonyl (C=O) groups excluding carboxylic acids is 1. The zero-order valence-electron chi connectivity index (χ0n) is 10.5. The van der Waals surface area contributed by atoms with Crippen molar-refractivity contribution in [1.29, 1.82) is 5.26 Å². The highest BCUT2D eigenvalue weighted by atomic mass is 32.1. The van der Waals surface area contributed by atoms with Gasteiger partial charge in [-0.1, -0.05) is 13.8 Å². The zero-order chi connectivity index (χ0) is 12.9. The molecule has 0 radical (unpaired) electrons. The third-order valence-corrected chi connectivity index (χ3v) is 4.05. The Bertz CT molecular complexity index is 433. The molecule has 0 bridgehead atoms. The second kappa shape index (κ2) is 5.83. The molecular weight excluding hydrogens is 232 g/mol. The van der Waals surface area contributed by atoms with Crippen LogP contribution in [0.2, 0.25) is 0 Å². The van der Waals surface area contributed by atoms with Crippen LogP contribution in [-0.2, 0) is 17.8 Å².